The Hall–Kier alpha value is -2.18. The van der Waals surface area contributed by atoms with Gasteiger partial charge < -0.3 is 15.0 Å². The average molecular weight is 257 g/mol. The third-order valence-electron chi connectivity index (χ3n) is 2.39. The molecule has 0 fully saturated rings. The molecule has 0 bridgehead atoms. The van der Waals surface area contributed by atoms with Crippen LogP contribution in [0, 0.1) is 0 Å². The predicted octanol–water partition coefficient (Wildman–Crippen LogP) is 2.48. The third-order valence-corrected chi connectivity index (χ3v) is 2.39. The van der Waals surface area contributed by atoms with Gasteiger partial charge in [-0.1, -0.05) is 0 Å². The molecule has 4 nitrogen and oxygen atoms in total. The molecule has 1 heterocycles. The van der Waals surface area contributed by atoms with Crippen molar-refractivity contribution in [1.29, 1.82) is 0 Å². The maximum Gasteiger partial charge on any atom is 0.420 e. The van der Waals surface area contributed by atoms with Crippen molar-refractivity contribution < 1.29 is 17.9 Å². The number of hydrogen-bond acceptors (Lipinski definition) is 3. The first-order valence-corrected chi connectivity index (χ1v) is 4.97. The number of nitrogens with zero attached hydrogens (tertiary/aromatic N) is 2. The lowest BCUT2D eigenvalue weighted by Gasteiger charge is -2.13. The summed E-state index contributed by atoms with van der Waals surface area (Å²) in [5, 5.41) is 0. The van der Waals surface area contributed by atoms with Crippen LogP contribution in [0.2, 0.25) is 0 Å². The zero-order valence-electron chi connectivity index (χ0n) is 9.40. The van der Waals surface area contributed by atoms with Gasteiger partial charge in [0.2, 0.25) is 0 Å². The summed E-state index contributed by atoms with van der Waals surface area (Å²) < 4.78 is 44.5. The Bertz CT molecular complexity index is 563. The molecule has 2 aromatic rings. The normalized spacial score (nSPS) is 11.6. The maximum absolute atomic E-state index is 12.8. The average Bonchev–Trinajstić information content (AvgIpc) is 2.74. The molecule has 0 aliphatic carbocycles. The van der Waals surface area contributed by atoms with Crippen LogP contribution in [0.15, 0.2) is 30.7 Å². The molecule has 2 rings (SSSR count). The third kappa shape index (κ3) is 2.24. The molecule has 1 aromatic carbocycles. The minimum atomic E-state index is -4.48. The van der Waals surface area contributed by atoms with E-state index in [-0.39, 0.29) is 11.6 Å². The van der Waals surface area contributed by atoms with Gasteiger partial charge in [-0.15, -0.1) is 0 Å². The first kappa shape index (κ1) is 12.3. The first-order chi connectivity index (χ1) is 8.41. The lowest BCUT2D eigenvalue weighted by Crippen LogP contribution is -2.08. The van der Waals surface area contributed by atoms with Gasteiger partial charge in [0.15, 0.2) is 0 Å². The smallest absolute Gasteiger partial charge is 0.420 e. The summed E-state index contributed by atoms with van der Waals surface area (Å²) in [5.41, 5.74) is 4.89. The SMILES string of the molecule is COc1ccc(-n2cnc(N)c2)cc1C(F)(F)F. The van der Waals surface area contributed by atoms with E-state index in [1.165, 1.54) is 36.3 Å². The summed E-state index contributed by atoms with van der Waals surface area (Å²) in [6, 6.07) is 3.74. The van der Waals surface area contributed by atoms with Crippen molar-refractivity contribution in [3.8, 4) is 11.4 Å². The Kier molecular flexibility index (Phi) is 2.90. The Morgan fingerprint density at radius 2 is 2.06 bits per heavy atom. The van der Waals surface area contributed by atoms with E-state index in [1.54, 1.807) is 0 Å². The second-order valence-electron chi connectivity index (χ2n) is 3.59. The van der Waals surface area contributed by atoms with Crippen LogP contribution < -0.4 is 10.5 Å². The number of alkyl halides is 3. The molecule has 0 atom stereocenters. The van der Waals surface area contributed by atoms with Crippen LogP contribution in [-0.2, 0) is 6.18 Å². The van der Waals surface area contributed by atoms with E-state index in [4.69, 9.17) is 10.5 Å². The van der Waals surface area contributed by atoms with Gasteiger partial charge in [-0.25, -0.2) is 4.98 Å². The van der Waals surface area contributed by atoms with Crippen molar-refractivity contribution >= 4 is 5.82 Å². The molecule has 0 saturated carbocycles. The predicted molar refractivity (Wildman–Crippen MR) is 59.5 cm³/mol. The lowest BCUT2D eigenvalue weighted by atomic mass is 10.1. The second kappa shape index (κ2) is 4.25. The van der Waals surface area contributed by atoms with Crippen LogP contribution in [0.4, 0.5) is 19.0 Å². The van der Waals surface area contributed by atoms with Gasteiger partial charge in [0, 0.05) is 5.69 Å². The molecule has 0 unspecified atom stereocenters. The molecule has 18 heavy (non-hydrogen) atoms. The number of aromatic nitrogens is 2. The number of nitrogen functional groups attached to an aromatic ring is 1. The number of ether oxygens (including phenoxy) is 1. The largest absolute Gasteiger partial charge is 0.496 e. The topological polar surface area (TPSA) is 53.1 Å². The fraction of sp³-hybridized carbons (Fsp3) is 0.182. The van der Waals surface area contributed by atoms with E-state index in [2.05, 4.69) is 4.98 Å². The highest BCUT2D eigenvalue weighted by molar-refractivity contribution is 5.46. The van der Waals surface area contributed by atoms with E-state index in [0.29, 0.717) is 5.69 Å². The lowest BCUT2D eigenvalue weighted by molar-refractivity contribution is -0.138. The molecule has 0 spiro atoms. The number of benzene rings is 1. The summed E-state index contributed by atoms with van der Waals surface area (Å²) in [5.74, 6) is 0.0127. The number of methoxy groups -OCH3 is 1. The summed E-state index contributed by atoms with van der Waals surface area (Å²) in [4.78, 5) is 3.76. The van der Waals surface area contributed by atoms with Crippen molar-refractivity contribution in [3.63, 3.8) is 0 Å². The number of anilines is 1. The number of imidazole rings is 1. The molecule has 1 aromatic heterocycles. The van der Waals surface area contributed by atoms with Crippen molar-refractivity contribution in [2.24, 2.45) is 0 Å². The van der Waals surface area contributed by atoms with E-state index < -0.39 is 11.7 Å². The first-order valence-electron chi connectivity index (χ1n) is 4.97. The highest BCUT2D eigenvalue weighted by Gasteiger charge is 2.34. The Labute approximate surface area is 101 Å². The zero-order valence-corrected chi connectivity index (χ0v) is 9.40. The van der Waals surface area contributed by atoms with Gasteiger partial charge in [0.05, 0.1) is 18.9 Å². The van der Waals surface area contributed by atoms with Gasteiger partial charge in [-0.3, -0.25) is 0 Å². The summed E-state index contributed by atoms with van der Waals surface area (Å²) in [7, 11) is 1.19. The number of hydrogen-bond donors (Lipinski definition) is 1. The van der Waals surface area contributed by atoms with Gasteiger partial charge in [0.25, 0.3) is 0 Å². The van der Waals surface area contributed by atoms with Crippen LogP contribution in [0.5, 0.6) is 5.75 Å². The molecular weight excluding hydrogens is 247 g/mol. The number of halogens is 3. The van der Waals surface area contributed by atoms with Crippen LogP contribution in [-0.4, -0.2) is 16.7 Å². The minimum absolute atomic E-state index is 0.223. The fourth-order valence-electron chi connectivity index (χ4n) is 1.56. The number of rotatable bonds is 2. The van der Waals surface area contributed by atoms with Gasteiger partial charge >= 0.3 is 6.18 Å². The number of nitrogens with two attached hydrogens (primary N) is 1. The Balaban J connectivity index is 2.52. The van der Waals surface area contributed by atoms with Crippen molar-refractivity contribution in [1.82, 2.24) is 9.55 Å². The molecular formula is C11H10F3N3O. The van der Waals surface area contributed by atoms with E-state index in [1.807, 2.05) is 0 Å². The van der Waals surface area contributed by atoms with Crippen LogP contribution in [0.25, 0.3) is 5.69 Å². The summed E-state index contributed by atoms with van der Waals surface area (Å²) >= 11 is 0. The molecule has 0 amide bonds. The van der Waals surface area contributed by atoms with Gasteiger partial charge in [-0.05, 0) is 18.2 Å². The second-order valence-corrected chi connectivity index (χ2v) is 3.59. The standard InChI is InChI=1S/C11H10F3N3O/c1-18-9-3-2-7(4-8(9)11(12,13)14)17-5-10(15)16-6-17/h2-6H,15H2,1H3. The molecule has 96 valence electrons. The molecule has 0 radical (unpaired) electrons. The molecule has 0 aliphatic rings. The molecule has 0 saturated heterocycles. The monoisotopic (exact) mass is 257 g/mol. The summed E-state index contributed by atoms with van der Waals surface area (Å²) in [6.07, 6.45) is -1.70. The van der Waals surface area contributed by atoms with Crippen LogP contribution >= 0.6 is 0 Å². The van der Waals surface area contributed by atoms with Crippen LogP contribution in [0.1, 0.15) is 5.56 Å². The van der Waals surface area contributed by atoms with Crippen molar-refractivity contribution in [3.05, 3.63) is 36.3 Å². The highest BCUT2D eigenvalue weighted by Crippen LogP contribution is 2.37. The van der Waals surface area contributed by atoms with Gasteiger partial charge in [0.1, 0.15) is 17.9 Å². The van der Waals surface area contributed by atoms with Gasteiger partial charge in [-0.2, -0.15) is 13.2 Å². The maximum atomic E-state index is 12.8. The molecule has 2 N–H and O–H groups in total. The highest BCUT2D eigenvalue weighted by atomic mass is 19.4. The van der Waals surface area contributed by atoms with E-state index in [0.717, 1.165) is 6.07 Å². The van der Waals surface area contributed by atoms with E-state index >= 15 is 0 Å². The summed E-state index contributed by atoms with van der Waals surface area (Å²) in [6.45, 7) is 0. The van der Waals surface area contributed by atoms with E-state index in [9.17, 15) is 13.2 Å². The minimum Gasteiger partial charge on any atom is -0.496 e. The van der Waals surface area contributed by atoms with Crippen molar-refractivity contribution in [2.75, 3.05) is 12.8 Å². The van der Waals surface area contributed by atoms with Crippen LogP contribution in [0.3, 0.4) is 0 Å². The Morgan fingerprint density at radius 1 is 1.33 bits per heavy atom. The molecule has 0 aliphatic heterocycles. The fourth-order valence-corrected chi connectivity index (χ4v) is 1.56. The molecule has 7 heteroatoms. The van der Waals surface area contributed by atoms with Crippen molar-refractivity contribution in [2.45, 2.75) is 6.18 Å². The zero-order chi connectivity index (χ0) is 13.3. The quantitative estimate of drug-likeness (QED) is 0.899. The Morgan fingerprint density at radius 3 is 2.56 bits per heavy atom.